The molecule has 37 heavy (non-hydrogen) atoms. The highest BCUT2D eigenvalue weighted by Crippen LogP contribution is 2.59. The number of fused-ring (bicyclic) bond motifs is 2. The van der Waals surface area contributed by atoms with Crippen molar-refractivity contribution < 1.29 is 22.7 Å². The van der Waals surface area contributed by atoms with Crippen LogP contribution in [0.25, 0.3) is 5.69 Å². The molecule has 1 amide bonds. The smallest absolute Gasteiger partial charge is 0.398 e. The molecular formula is C27H27F3N4O3. The number of imidazole rings is 1. The minimum absolute atomic E-state index is 0.0869. The Morgan fingerprint density at radius 2 is 1.86 bits per heavy atom. The summed E-state index contributed by atoms with van der Waals surface area (Å²) in [6.45, 7) is 5.21. The average Bonchev–Trinajstić information content (AvgIpc) is 3.57. The molecule has 6 rings (SSSR count). The van der Waals surface area contributed by atoms with Gasteiger partial charge in [0.2, 0.25) is 0 Å². The van der Waals surface area contributed by atoms with Crippen molar-refractivity contribution in [3.8, 4) is 11.4 Å². The quantitative estimate of drug-likeness (QED) is 0.527. The highest BCUT2D eigenvalue weighted by atomic mass is 19.4. The molecule has 1 saturated carbocycles. The van der Waals surface area contributed by atoms with E-state index in [1.54, 1.807) is 46.3 Å². The molecule has 0 spiro atoms. The van der Waals surface area contributed by atoms with Gasteiger partial charge in [-0.15, -0.1) is 0 Å². The van der Waals surface area contributed by atoms with Crippen molar-refractivity contribution in [2.45, 2.75) is 56.7 Å². The van der Waals surface area contributed by atoms with Crippen molar-refractivity contribution in [1.82, 2.24) is 19.0 Å². The van der Waals surface area contributed by atoms with E-state index in [0.717, 1.165) is 5.69 Å². The van der Waals surface area contributed by atoms with Gasteiger partial charge in [-0.3, -0.25) is 9.59 Å². The van der Waals surface area contributed by atoms with Crippen LogP contribution in [0.1, 0.15) is 53.5 Å². The summed E-state index contributed by atoms with van der Waals surface area (Å²) in [6, 6.07) is 8.08. The zero-order chi connectivity index (χ0) is 26.2. The molecule has 1 atom stereocenters. The van der Waals surface area contributed by atoms with Gasteiger partial charge in [0.15, 0.2) is 0 Å². The van der Waals surface area contributed by atoms with E-state index >= 15 is 0 Å². The van der Waals surface area contributed by atoms with E-state index in [2.05, 4.69) is 4.98 Å². The number of aryl methyl sites for hydroxylation is 1. The number of hydrogen-bond donors (Lipinski definition) is 0. The highest BCUT2D eigenvalue weighted by Gasteiger charge is 2.64. The number of hydrogen-bond acceptors (Lipinski definition) is 4. The first-order valence-corrected chi connectivity index (χ1v) is 12.4. The summed E-state index contributed by atoms with van der Waals surface area (Å²) in [4.78, 5) is 32.5. The van der Waals surface area contributed by atoms with Gasteiger partial charge in [-0.05, 0) is 49.9 Å². The highest BCUT2D eigenvalue weighted by molar-refractivity contribution is 5.93. The first kappa shape index (κ1) is 23.8. The second kappa shape index (κ2) is 7.97. The lowest BCUT2D eigenvalue weighted by Gasteiger charge is -2.41. The molecule has 0 N–H and O–H groups in total. The van der Waals surface area contributed by atoms with Gasteiger partial charge in [-0.2, -0.15) is 13.2 Å². The van der Waals surface area contributed by atoms with Crippen LogP contribution in [0.2, 0.25) is 0 Å². The van der Waals surface area contributed by atoms with Crippen LogP contribution in [-0.4, -0.2) is 50.8 Å². The normalized spacial score (nSPS) is 22.3. The fourth-order valence-corrected chi connectivity index (χ4v) is 5.75. The lowest BCUT2D eigenvalue weighted by atomic mass is 9.75. The SMILES string of the molecule is Cc1cn(-c2ccc3n(c2=O)CCN(C[C@]2(C)CCOc4ccc(C5(C(F)(F)F)CC5)cc42)C3=O)cn1. The largest absolute Gasteiger partial charge is 0.493 e. The molecule has 1 fully saturated rings. The minimum Gasteiger partial charge on any atom is -0.493 e. The Morgan fingerprint density at radius 1 is 1.08 bits per heavy atom. The summed E-state index contributed by atoms with van der Waals surface area (Å²) in [5, 5.41) is 0. The average molecular weight is 513 g/mol. The molecule has 194 valence electrons. The monoisotopic (exact) mass is 512 g/mol. The number of alkyl halides is 3. The van der Waals surface area contributed by atoms with Gasteiger partial charge in [-0.25, -0.2) is 4.98 Å². The number of rotatable bonds is 4. The lowest BCUT2D eigenvalue weighted by molar-refractivity contribution is -0.160. The Kier molecular flexibility index (Phi) is 5.13. The Labute approximate surface area is 211 Å². The number of carbonyl (C=O) groups excluding carboxylic acids is 1. The number of aromatic nitrogens is 3. The van der Waals surface area contributed by atoms with Crippen LogP contribution in [-0.2, 0) is 17.4 Å². The van der Waals surface area contributed by atoms with Crippen molar-refractivity contribution in [2.75, 3.05) is 19.7 Å². The number of ether oxygens (including phenoxy) is 1. The van der Waals surface area contributed by atoms with Crippen molar-refractivity contribution >= 4 is 5.91 Å². The maximum Gasteiger partial charge on any atom is 0.398 e. The minimum atomic E-state index is -4.30. The zero-order valence-electron chi connectivity index (χ0n) is 20.6. The molecule has 7 nitrogen and oxygen atoms in total. The number of nitrogens with zero attached hydrogens (tertiary/aromatic N) is 4. The predicted molar refractivity (Wildman–Crippen MR) is 129 cm³/mol. The maximum atomic E-state index is 13.8. The molecule has 1 aliphatic carbocycles. The van der Waals surface area contributed by atoms with Gasteiger partial charge in [0.1, 0.15) is 17.1 Å². The van der Waals surface area contributed by atoms with Crippen molar-refractivity contribution in [3.63, 3.8) is 0 Å². The summed E-state index contributed by atoms with van der Waals surface area (Å²) in [7, 11) is 0. The van der Waals surface area contributed by atoms with E-state index in [1.165, 1.54) is 10.6 Å². The number of halogens is 3. The number of pyridine rings is 1. The predicted octanol–water partition coefficient (Wildman–Crippen LogP) is 4.13. The third-order valence-electron chi connectivity index (χ3n) is 8.17. The van der Waals surface area contributed by atoms with E-state index in [-0.39, 0.29) is 29.9 Å². The molecule has 2 aromatic heterocycles. The molecule has 1 aromatic carbocycles. The van der Waals surface area contributed by atoms with Gasteiger partial charge in [0.05, 0.1) is 24.0 Å². The van der Waals surface area contributed by atoms with Gasteiger partial charge in [-0.1, -0.05) is 19.1 Å². The fourth-order valence-electron chi connectivity index (χ4n) is 5.75. The van der Waals surface area contributed by atoms with E-state index in [0.29, 0.717) is 55.4 Å². The molecule has 3 aliphatic rings. The molecule has 4 heterocycles. The molecular weight excluding hydrogens is 485 g/mol. The third kappa shape index (κ3) is 3.67. The summed E-state index contributed by atoms with van der Waals surface area (Å²) in [5.41, 5.74) is -0.173. The van der Waals surface area contributed by atoms with Gasteiger partial charge < -0.3 is 18.8 Å². The van der Waals surface area contributed by atoms with Crippen molar-refractivity contribution in [1.29, 1.82) is 0 Å². The first-order chi connectivity index (χ1) is 17.5. The Bertz CT molecular complexity index is 1470. The Morgan fingerprint density at radius 3 is 2.54 bits per heavy atom. The second-order valence-corrected chi connectivity index (χ2v) is 10.7. The Balaban J connectivity index is 1.31. The van der Waals surface area contributed by atoms with Crippen LogP contribution in [0.5, 0.6) is 5.75 Å². The molecule has 10 heteroatoms. The molecule has 0 bridgehead atoms. The summed E-state index contributed by atoms with van der Waals surface area (Å²) in [6.07, 6.45) is -0.242. The van der Waals surface area contributed by atoms with Crippen LogP contribution in [0.15, 0.2) is 47.7 Å². The van der Waals surface area contributed by atoms with E-state index in [1.807, 2.05) is 13.8 Å². The van der Waals surface area contributed by atoms with E-state index in [9.17, 15) is 22.8 Å². The molecule has 0 radical (unpaired) electrons. The summed E-state index contributed by atoms with van der Waals surface area (Å²) < 4.78 is 50.4. The van der Waals surface area contributed by atoms with E-state index in [4.69, 9.17) is 4.74 Å². The van der Waals surface area contributed by atoms with E-state index < -0.39 is 17.0 Å². The fraction of sp³-hybridized carbons (Fsp3) is 0.444. The van der Waals surface area contributed by atoms with Crippen LogP contribution in [0.4, 0.5) is 13.2 Å². The van der Waals surface area contributed by atoms with Gasteiger partial charge in [0, 0.05) is 36.8 Å². The summed E-state index contributed by atoms with van der Waals surface area (Å²) in [5.74, 6) is 0.299. The topological polar surface area (TPSA) is 69.4 Å². The van der Waals surface area contributed by atoms with Crippen LogP contribution >= 0.6 is 0 Å². The first-order valence-electron chi connectivity index (χ1n) is 12.4. The molecule has 0 unspecified atom stereocenters. The lowest BCUT2D eigenvalue weighted by Crippen LogP contribution is -2.50. The number of carbonyl (C=O) groups is 1. The summed E-state index contributed by atoms with van der Waals surface area (Å²) >= 11 is 0. The maximum absolute atomic E-state index is 13.8. The second-order valence-electron chi connectivity index (χ2n) is 10.7. The molecule has 2 aliphatic heterocycles. The standard InChI is InChI=1S/C27H27F3N4O3/c1-17-14-33(16-31-17)20-4-5-21-23(35)32(10-11-34(21)24(20)36)15-25(2)9-12-37-22-6-3-18(13-19(22)25)26(7-8-26)27(28,29)30/h3-6,13-14,16H,7-12,15H2,1-2H3/t25-/m0/s1. The van der Waals surface area contributed by atoms with Crippen molar-refractivity contribution in [3.05, 3.63) is 75.7 Å². The van der Waals surface area contributed by atoms with Crippen LogP contribution in [0.3, 0.4) is 0 Å². The van der Waals surface area contributed by atoms with Crippen LogP contribution < -0.4 is 10.3 Å². The molecule has 3 aromatic rings. The van der Waals surface area contributed by atoms with Gasteiger partial charge in [0.25, 0.3) is 11.5 Å². The third-order valence-corrected chi connectivity index (χ3v) is 8.17. The number of benzene rings is 1. The Hall–Kier alpha value is -3.56. The zero-order valence-corrected chi connectivity index (χ0v) is 20.6. The van der Waals surface area contributed by atoms with Crippen LogP contribution in [0, 0.1) is 6.92 Å². The number of amides is 1. The van der Waals surface area contributed by atoms with Crippen molar-refractivity contribution in [2.24, 2.45) is 0 Å². The molecule has 0 saturated heterocycles. The van der Waals surface area contributed by atoms with Gasteiger partial charge >= 0.3 is 6.18 Å².